The molecule has 0 heterocycles. The van der Waals surface area contributed by atoms with Crippen LogP contribution in [0.3, 0.4) is 0 Å². The molecule has 0 aliphatic heterocycles. The second-order valence-electron chi connectivity index (χ2n) is 3.81. The highest BCUT2D eigenvalue weighted by atomic mass is 14.9. The van der Waals surface area contributed by atoms with Crippen LogP contribution in [0.15, 0.2) is 12.7 Å². The van der Waals surface area contributed by atoms with Gasteiger partial charge in [-0.25, -0.2) is 0 Å². The lowest BCUT2D eigenvalue weighted by molar-refractivity contribution is 0.261. The Labute approximate surface area is 76.2 Å². The molecule has 0 spiro atoms. The largest absolute Gasteiger partial charge is 0.314 e. The van der Waals surface area contributed by atoms with E-state index in [2.05, 4.69) is 18.8 Å². The molecule has 1 saturated carbocycles. The molecule has 1 atom stereocenters. The first-order chi connectivity index (χ1) is 5.86. The van der Waals surface area contributed by atoms with Gasteiger partial charge in [-0.3, -0.25) is 0 Å². The maximum absolute atomic E-state index is 3.79. The second kappa shape index (κ2) is 5.36. The summed E-state index contributed by atoms with van der Waals surface area (Å²) in [6.07, 6.45) is 8.89. The van der Waals surface area contributed by atoms with E-state index in [1.807, 2.05) is 6.08 Å². The van der Waals surface area contributed by atoms with Gasteiger partial charge in [-0.05, 0) is 25.3 Å². The molecule has 1 aliphatic rings. The Morgan fingerprint density at radius 2 is 2.33 bits per heavy atom. The van der Waals surface area contributed by atoms with Crippen molar-refractivity contribution in [3.05, 3.63) is 12.7 Å². The monoisotopic (exact) mass is 167 g/mol. The summed E-state index contributed by atoms with van der Waals surface area (Å²) in [7, 11) is 0. The molecule has 1 rings (SSSR count). The van der Waals surface area contributed by atoms with Crippen LogP contribution in [0.25, 0.3) is 0 Å². The van der Waals surface area contributed by atoms with Gasteiger partial charge in [0.1, 0.15) is 0 Å². The smallest absolute Gasteiger partial charge is 0.0104 e. The van der Waals surface area contributed by atoms with Crippen LogP contribution in [0.1, 0.15) is 39.0 Å². The highest BCUT2D eigenvalue weighted by Gasteiger charge is 2.20. The fourth-order valence-corrected chi connectivity index (χ4v) is 1.88. The molecule has 0 aromatic rings. The summed E-state index contributed by atoms with van der Waals surface area (Å²) in [5, 5.41) is 3.51. The summed E-state index contributed by atoms with van der Waals surface area (Å²) in [4.78, 5) is 0. The molecule has 1 unspecified atom stereocenters. The lowest BCUT2D eigenvalue weighted by Crippen LogP contribution is -2.32. The molecular weight excluding hydrogens is 146 g/mol. The lowest BCUT2D eigenvalue weighted by atomic mass is 9.80. The first-order valence-corrected chi connectivity index (χ1v) is 5.21. The van der Waals surface area contributed by atoms with Gasteiger partial charge in [-0.2, -0.15) is 0 Å². The molecule has 1 fully saturated rings. The van der Waals surface area contributed by atoms with Gasteiger partial charge in [0.05, 0.1) is 0 Å². The van der Waals surface area contributed by atoms with Gasteiger partial charge in [0, 0.05) is 6.04 Å². The van der Waals surface area contributed by atoms with E-state index in [0.29, 0.717) is 6.04 Å². The van der Waals surface area contributed by atoms with Crippen LogP contribution >= 0.6 is 0 Å². The molecule has 0 aromatic carbocycles. The fraction of sp³-hybridized carbons (Fsp3) is 0.818. The molecule has 1 nitrogen and oxygen atoms in total. The summed E-state index contributed by atoms with van der Waals surface area (Å²) in [5.74, 6) is 1.01. The number of hydrogen-bond donors (Lipinski definition) is 1. The Balaban J connectivity index is 2.15. The van der Waals surface area contributed by atoms with Gasteiger partial charge in [0.15, 0.2) is 0 Å². The van der Waals surface area contributed by atoms with E-state index in [9.17, 15) is 0 Å². The molecule has 0 bridgehead atoms. The van der Waals surface area contributed by atoms with Gasteiger partial charge < -0.3 is 5.32 Å². The van der Waals surface area contributed by atoms with Gasteiger partial charge in [-0.15, -0.1) is 6.58 Å². The highest BCUT2D eigenvalue weighted by molar-refractivity contribution is 4.82. The van der Waals surface area contributed by atoms with Crippen molar-refractivity contribution in [2.45, 2.75) is 45.1 Å². The topological polar surface area (TPSA) is 12.0 Å². The minimum absolute atomic E-state index is 0.692. The SMILES string of the molecule is C=CCC(CC1CCC1)NCC. The average Bonchev–Trinajstić information content (AvgIpc) is 1.97. The second-order valence-corrected chi connectivity index (χ2v) is 3.81. The average molecular weight is 167 g/mol. The summed E-state index contributed by atoms with van der Waals surface area (Å²) in [6.45, 7) is 7.06. The Morgan fingerprint density at radius 1 is 1.58 bits per heavy atom. The van der Waals surface area contributed by atoms with Crippen LogP contribution in [0.2, 0.25) is 0 Å². The van der Waals surface area contributed by atoms with Crippen molar-refractivity contribution in [1.82, 2.24) is 5.32 Å². The normalized spacial score (nSPS) is 20.1. The lowest BCUT2D eigenvalue weighted by Gasteiger charge is -2.29. The predicted molar refractivity (Wildman–Crippen MR) is 54.2 cm³/mol. The molecule has 1 aliphatic carbocycles. The third-order valence-corrected chi connectivity index (χ3v) is 2.79. The van der Waals surface area contributed by atoms with Crippen molar-refractivity contribution in [3.63, 3.8) is 0 Å². The quantitative estimate of drug-likeness (QED) is 0.600. The minimum atomic E-state index is 0.692. The Kier molecular flexibility index (Phi) is 4.37. The summed E-state index contributed by atoms with van der Waals surface area (Å²) >= 11 is 0. The van der Waals surface area contributed by atoms with Crippen LogP contribution in [-0.4, -0.2) is 12.6 Å². The van der Waals surface area contributed by atoms with E-state index in [-0.39, 0.29) is 0 Å². The molecule has 0 radical (unpaired) electrons. The van der Waals surface area contributed by atoms with E-state index in [0.717, 1.165) is 18.9 Å². The van der Waals surface area contributed by atoms with Crippen LogP contribution in [0.4, 0.5) is 0 Å². The zero-order valence-electron chi connectivity index (χ0n) is 8.18. The Bertz CT molecular complexity index is 127. The van der Waals surface area contributed by atoms with E-state index in [1.54, 1.807) is 0 Å². The van der Waals surface area contributed by atoms with Gasteiger partial charge in [-0.1, -0.05) is 32.3 Å². The molecule has 1 N–H and O–H groups in total. The van der Waals surface area contributed by atoms with Crippen molar-refractivity contribution in [2.24, 2.45) is 5.92 Å². The van der Waals surface area contributed by atoms with E-state index in [1.165, 1.54) is 25.7 Å². The van der Waals surface area contributed by atoms with E-state index < -0.39 is 0 Å². The summed E-state index contributed by atoms with van der Waals surface area (Å²) < 4.78 is 0. The molecule has 12 heavy (non-hydrogen) atoms. The van der Waals surface area contributed by atoms with Crippen molar-refractivity contribution in [3.8, 4) is 0 Å². The first kappa shape index (κ1) is 9.79. The number of rotatable bonds is 6. The molecule has 1 heteroatoms. The van der Waals surface area contributed by atoms with Crippen LogP contribution in [-0.2, 0) is 0 Å². The van der Waals surface area contributed by atoms with Gasteiger partial charge >= 0.3 is 0 Å². The van der Waals surface area contributed by atoms with Crippen LogP contribution in [0, 0.1) is 5.92 Å². The fourth-order valence-electron chi connectivity index (χ4n) is 1.88. The highest BCUT2D eigenvalue weighted by Crippen LogP contribution is 2.30. The molecular formula is C11H21N. The van der Waals surface area contributed by atoms with Crippen molar-refractivity contribution in [2.75, 3.05) is 6.54 Å². The Morgan fingerprint density at radius 3 is 2.75 bits per heavy atom. The molecule has 0 aromatic heterocycles. The zero-order chi connectivity index (χ0) is 8.81. The minimum Gasteiger partial charge on any atom is -0.314 e. The predicted octanol–water partition coefficient (Wildman–Crippen LogP) is 2.73. The molecule has 0 saturated heterocycles. The van der Waals surface area contributed by atoms with Crippen LogP contribution < -0.4 is 5.32 Å². The summed E-state index contributed by atoms with van der Waals surface area (Å²) in [5.41, 5.74) is 0. The first-order valence-electron chi connectivity index (χ1n) is 5.21. The maximum Gasteiger partial charge on any atom is 0.0104 e. The van der Waals surface area contributed by atoms with Gasteiger partial charge in [0.2, 0.25) is 0 Å². The van der Waals surface area contributed by atoms with Crippen molar-refractivity contribution in [1.29, 1.82) is 0 Å². The maximum atomic E-state index is 3.79. The third kappa shape index (κ3) is 2.98. The summed E-state index contributed by atoms with van der Waals surface area (Å²) in [6, 6.07) is 0.692. The molecule has 0 amide bonds. The standard InChI is InChI=1S/C11H21N/c1-3-6-11(12-4-2)9-10-7-5-8-10/h3,10-12H,1,4-9H2,2H3. The van der Waals surface area contributed by atoms with E-state index >= 15 is 0 Å². The van der Waals surface area contributed by atoms with Crippen molar-refractivity contribution >= 4 is 0 Å². The Hall–Kier alpha value is -0.300. The van der Waals surface area contributed by atoms with Gasteiger partial charge in [0.25, 0.3) is 0 Å². The third-order valence-electron chi connectivity index (χ3n) is 2.79. The zero-order valence-corrected chi connectivity index (χ0v) is 8.18. The number of hydrogen-bond acceptors (Lipinski definition) is 1. The van der Waals surface area contributed by atoms with Crippen LogP contribution in [0.5, 0.6) is 0 Å². The molecule has 70 valence electrons. The van der Waals surface area contributed by atoms with Crippen molar-refractivity contribution < 1.29 is 0 Å². The number of nitrogens with one attached hydrogen (secondary N) is 1. The van der Waals surface area contributed by atoms with E-state index in [4.69, 9.17) is 0 Å².